The number of nitrogens with zero attached hydrogens (tertiary/aromatic N) is 2. The molecule has 3 aromatic rings. The minimum Gasteiger partial charge on any atom is -0.497 e. The molecule has 1 heterocycles. The Bertz CT molecular complexity index is 975. The zero-order valence-electron chi connectivity index (χ0n) is 17.1. The van der Waals surface area contributed by atoms with Gasteiger partial charge in [0.1, 0.15) is 11.4 Å². The average molecular weight is 377 g/mol. The fourth-order valence-electron chi connectivity index (χ4n) is 2.87. The number of aromatic nitrogens is 2. The van der Waals surface area contributed by atoms with Crippen molar-refractivity contribution in [3.63, 3.8) is 0 Å². The lowest BCUT2D eigenvalue weighted by Crippen LogP contribution is -2.37. The van der Waals surface area contributed by atoms with Gasteiger partial charge >= 0.3 is 0 Å². The van der Waals surface area contributed by atoms with E-state index in [9.17, 15) is 4.79 Å². The Morgan fingerprint density at radius 2 is 1.82 bits per heavy atom. The van der Waals surface area contributed by atoms with Gasteiger partial charge in [0.2, 0.25) is 0 Å². The minimum atomic E-state index is -0.135. The Labute approximate surface area is 166 Å². The molecule has 5 nitrogen and oxygen atoms in total. The van der Waals surface area contributed by atoms with Crippen LogP contribution in [0.1, 0.15) is 36.8 Å². The van der Waals surface area contributed by atoms with Crippen LogP contribution < -0.4 is 10.1 Å². The van der Waals surface area contributed by atoms with Crippen LogP contribution in [0.25, 0.3) is 16.9 Å². The predicted octanol–water partition coefficient (Wildman–Crippen LogP) is 4.63. The van der Waals surface area contributed by atoms with E-state index >= 15 is 0 Å². The largest absolute Gasteiger partial charge is 0.497 e. The molecule has 2 aromatic carbocycles. The number of aryl methyl sites for hydroxylation is 1. The predicted molar refractivity (Wildman–Crippen MR) is 112 cm³/mol. The molecule has 1 aromatic heterocycles. The van der Waals surface area contributed by atoms with Gasteiger partial charge in [-0.25, -0.2) is 4.68 Å². The monoisotopic (exact) mass is 377 g/mol. The Morgan fingerprint density at radius 3 is 2.50 bits per heavy atom. The Balaban J connectivity index is 2.08. The summed E-state index contributed by atoms with van der Waals surface area (Å²) in [6.45, 7) is 8.21. The normalized spacial score (nSPS) is 12.1. The highest BCUT2D eigenvalue weighted by Gasteiger charge is 2.20. The number of carbonyl (C=O) groups is 1. The van der Waals surface area contributed by atoms with Crippen LogP contribution in [0.3, 0.4) is 0 Å². The van der Waals surface area contributed by atoms with Gasteiger partial charge in [-0.05, 0) is 55.7 Å². The molecule has 0 aliphatic rings. The zero-order chi connectivity index (χ0) is 20.3. The van der Waals surface area contributed by atoms with Crippen molar-refractivity contribution in [2.45, 2.75) is 33.7 Å². The lowest BCUT2D eigenvalue weighted by molar-refractivity contribution is 0.0922. The van der Waals surface area contributed by atoms with Crippen LogP contribution in [0, 0.1) is 12.8 Å². The SMILES string of the molecule is COc1cccc(-c2cc(C(=O)N[C@@H](C)C(C)C)n(-c3cccc(C)c3)n2)c1. The Kier molecular flexibility index (Phi) is 5.83. The van der Waals surface area contributed by atoms with Crippen LogP contribution in [-0.2, 0) is 0 Å². The number of hydrogen-bond donors (Lipinski definition) is 1. The van der Waals surface area contributed by atoms with Crippen molar-refractivity contribution in [2.75, 3.05) is 7.11 Å². The van der Waals surface area contributed by atoms with Crippen molar-refractivity contribution >= 4 is 5.91 Å². The molecule has 28 heavy (non-hydrogen) atoms. The molecule has 1 atom stereocenters. The van der Waals surface area contributed by atoms with Gasteiger partial charge in [0, 0.05) is 11.6 Å². The fraction of sp³-hybridized carbons (Fsp3) is 0.304. The molecule has 1 amide bonds. The van der Waals surface area contributed by atoms with Crippen LogP contribution in [0.2, 0.25) is 0 Å². The van der Waals surface area contributed by atoms with E-state index in [4.69, 9.17) is 9.84 Å². The van der Waals surface area contributed by atoms with Gasteiger partial charge in [0.15, 0.2) is 0 Å². The molecule has 0 saturated carbocycles. The summed E-state index contributed by atoms with van der Waals surface area (Å²) < 4.78 is 7.04. The molecule has 5 heteroatoms. The lowest BCUT2D eigenvalue weighted by atomic mass is 10.1. The van der Waals surface area contributed by atoms with Crippen molar-refractivity contribution in [3.8, 4) is 22.7 Å². The van der Waals surface area contributed by atoms with Gasteiger partial charge in [0.25, 0.3) is 5.91 Å². The van der Waals surface area contributed by atoms with Gasteiger partial charge < -0.3 is 10.1 Å². The maximum atomic E-state index is 13.0. The molecule has 0 aliphatic carbocycles. The first-order valence-electron chi connectivity index (χ1n) is 9.51. The van der Waals surface area contributed by atoms with Gasteiger partial charge in [-0.15, -0.1) is 0 Å². The summed E-state index contributed by atoms with van der Waals surface area (Å²) in [6.07, 6.45) is 0. The number of methoxy groups -OCH3 is 1. The molecular weight excluding hydrogens is 350 g/mol. The van der Waals surface area contributed by atoms with Crippen molar-refractivity contribution in [1.82, 2.24) is 15.1 Å². The Hall–Kier alpha value is -3.08. The number of rotatable bonds is 6. The van der Waals surface area contributed by atoms with Gasteiger partial charge in [-0.2, -0.15) is 5.10 Å². The van der Waals surface area contributed by atoms with E-state index in [0.29, 0.717) is 11.6 Å². The van der Waals surface area contributed by atoms with E-state index in [1.807, 2.05) is 68.4 Å². The summed E-state index contributed by atoms with van der Waals surface area (Å²) >= 11 is 0. The first-order chi connectivity index (χ1) is 13.4. The summed E-state index contributed by atoms with van der Waals surface area (Å²) in [5.74, 6) is 0.962. The van der Waals surface area contributed by atoms with Gasteiger partial charge in [-0.3, -0.25) is 4.79 Å². The third kappa shape index (κ3) is 4.25. The van der Waals surface area contributed by atoms with E-state index in [1.165, 1.54) is 0 Å². The highest BCUT2D eigenvalue weighted by Crippen LogP contribution is 2.25. The molecule has 3 rings (SSSR count). The molecule has 0 fully saturated rings. The third-order valence-electron chi connectivity index (χ3n) is 4.91. The molecular formula is C23H27N3O2. The molecule has 0 unspecified atom stereocenters. The van der Waals surface area contributed by atoms with Crippen LogP contribution in [0.5, 0.6) is 5.75 Å². The average Bonchev–Trinajstić information content (AvgIpc) is 3.13. The molecule has 0 radical (unpaired) electrons. The lowest BCUT2D eigenvalue weighted by Gasteiger charge is -2.17. The quantitative estimate of drug-likeness (QED) is 0.681. The summed E-state index contributed by atoms with van der Waals surface area (Å²) in [7, 11) is 1.64. The van der Waals surface area contributed by atoms with E-state index < -0.39 is 0 Å². The molecule has 0 spiro atoms. The minimum absolute atomic E-state index is 0.0635. The van der Waals surface area contributed by atoms with E-state index in [2.05, 4.69) is 19.2 Å². The number of nitrogens with one attached hydrogen (secondary N) is 1. The highest BCUT2D eigenvalue weighted by molar-refractivity contribution is 5.94. The number of amides is 1. The first kappa shape index (κ1) is 19.7. The summed E-state index contributed by atoms with van der Waals surface area (Å²) in [5.41, 5.74) is 4.10. The third-order valence-corrected chi connectivity index (χ3v) is 4.91. The summed E-state index contributed by atoms with van der Waals surface area (Å²) in [5, 5.41) is 7.82. The summed E-state index contributed by atoms with van der Waals surface area (Å²) in [4.78, 5) is 13.0. The number of hydrogen-bond acceptors (Lipinski definition) is 3. The van der Waals surface area contributed by atoms with Crippen LogP contribution in [-0.4, -0.2) is 28.8 Å². The van der Waals surface area contributed by atoms with Crippen LogP contribution >= 0.6 is 0 Å². The summed E-state index contributed by atoms with van der Waals surface area (Å²) in [6, 6.07) is 17.5. The smallest absolute Gasteiger partial charge is 0.270 e. The topological polar surface area (TPSA) is 56.1 Å². The number of benzene rings is 2. The van der Waals surface area contributed by atoms with E-state index in [1.54, 1.807) is 11.8 Å². The molecule has 0 saturated heterocycles. The highest BCUT2D eigenvalue weighted by atomic mass is 16.5. The van der Waals surface area contributed by atoms with Crippen molar-refractivity contribution in [3.05, 3.63) is 65.9 Å². The van der Waals surface area contributed by atoms with Crippen LogP contribution in [0.15, 0.2) is 54.6 Å². The molecule has 0 bridgehead atoms. The number of carbonyl (C=O) groups excluding carboxylic acids is 1. The molecule has 1 N–H and O–H groups in total. The second-order valence-corrected chi connectivity index (χ2v) is 7.40. The standard InChI is InChI=1S/C23H27N3O2/c1-15(2)17(4)24-23(27)22-14-21(18-9-7-11-20(13-18)28-5)25-26(22)19-10-6-8-16(3)12-19/h6-15,17H,1-5H3,(H,24,27)/t17-/m0/s1. The van der Waals surface area contributed by atoms with Crippen molar-refractivity contribution in [2.24, 2.45) is 5.92 Å². The van der Waals surface area contributed by atoms with Crippen molar-refractivity contribution < 1.29 is 9.53 Å². The Morgan fingerprint density at radius 1 is 1.07 bits per heavy atom. The maximum absolute atomic E-state index is 13.0. The molecule has 0 aliphatic heterocycles. The molecule has 146 valence electrons. The zero-order valence-corrected chi connectivity index (χ0v) is 17.1. The number of ether oxygens (including phenoxy) is 1. The maximum Gasteiger partial charge on any atom is 0.270 e. The fourth-order valence-corrected chi connectivity index (χ4v) is 2.87. The van der Waals surface area contributed by atoms with Gasteiger partial charge in [0.05, 0.1) is 18.5 Å². The van der Waals surface area contributed by atoms with E-state index in [-0.39, 0.29) is 11.9 Å². The van der Waals surface area contributed by atoms with Gasteiger partial charge in [-0.1, -0.05) is 38.1 Å². The van der Waals surface area contributed by atoms with Crippen molar-refractivity contribution in [1.29, 1.82) is 0 Å². The van der Waals surface area contributed by atoms with E-state index in [0.717, 1.165) is 28.3 Å². The second kappa shape index (κ2) is 8.30. The van der Waals surface area contributed by atoms with Crippen LogP contribution in [0.4, 0.5) is 0 Å². The first-order valence-corrected chi connectivity index (χ1v) is 9.51. The second-order valence-electron chi connectivity index (χ2n) is 7.40.